The number of hydrogen-bond donors (Lipinski definition) is 2. The number of phenolic OH excluding ortho intramolecular Hbond substituents is 1. The van der Waals surface area contributed by atoms with Gasteiger partial charge in [0.2, 0.25) is 17.6 Å². The molecular formula is C21H19ClN4O4. The quantitative estimate of drug-likeness (QED) is 0.649. The monoisotopic (exact) mass is 426 g/mol. The predicted molar refractivity (Wildman–Crippen MR) is 109 cm³/mol. The van der Waals surface area contributed by atoms with Gasteiger partial charge in [-0.2, -0.15) is 4.98 Å². The molecule has 1 saturated heterocycles. The molecule has 30 heavy (non-hydrogen) atoms. The highest BCUT2D eigenvalue weighted by molar-refractivity contribution is 6.30. The highest BCUT2D eigenvalue weighted by Gasteiger charge is 2.35. The predicted octanol–water partition coefficient (Wildman–Crippen LogP) is 3.02. The summed E-state index contributed by atoms with van der Waals surface area (Å²) in [4.78, 5) is 31.2. The Hall–Kier alpha value is -3.39. The van der Waals surface area contributed by atoms with E-state index in [4.69, 9.17) is 16.1 Å². The Kier molecular flexibility index (Phi) is 5.67. The summed E-state index contributed by atoms with van der Waals surface area (Å²) in [7, 11) is 0. The minimum Gasteiger partial charge on any atom is -0.507 e. The van der Waals surface area contributed by atoms with Crippen LogP contribution in [0, 0.1) is 0 Å². The van der Waals surface area contributed by atoms with Crippen molar-refractivity contribution in [1.29, 1.82) is 0 Å². The van der Waals surface area contributed by atoms with Crippen molar-refractivity contribution in [2.75, 3.05) is 6.54 Å². The molecule has 2 aromatic carbocycles. The molecule has 1 fully saturated rings. The van der Waals surface area contributed by atoms with Crippen molar-refractivity contribution in [3.05, 3.63) is 65.0 Å². The SMILES string of the molecule is O=C(NCc1nc(-c2ccc(Cl)cc2)no1)C1CCCN1C(=O)c1ccccc1O. The second-order valence-electron chi connectivity index (χ2n) is 6.91. The number of hydrogen-bond acceptors (Lipinski definition) is 6. The topological polar surface area (TPSA) is 109 Å². The zero-order chi connectivity index (χ0) is 21.1. The maximum Gasteiger partial charge on any atom is 0.258 e. The van der Waals surface area contributed by atoms with Crippen LogP contribution in [0.3, 0.4) is 0 Å². The molecule has 0 radical (unpaired) electrons. The van der Waals surface area contributed by atoms with Crippen molar-refractivity contribution in [3.63, 3.8) is 0 Å². The molecule has 1 aliphatic heterocycles. The molecular weight excluding hydrogens is 408 g/mol. The molecule has 1 aromatic heterocycles. The first-order valence-corrected chi connectivity index (χ1v) is 9.86. The Morgan fingerprint density at radius 1 is 1.20 bits per heavy atom. The Bertz CT molecular complexity index is 1070. The second kappa shape index (κ2) is 8.54. The first-order chi connectivity index (χ1) is 14.5. The zero-order valence-corrected chi connectivity index (χ0v) is 16.7. The lowest BCUT2D eigenvalue weighted by molar-refractivity contribution is -0.125. The molecule has 0 saturated carbocycles. The van der Waals surface area contributed by atoms with Crippen molar-refractivity contribution < 1.29 is 19.2 Å². The van der Waals surface area contributed by atoms with Crippen LogP contribution in [0.25, 0.3) is 11.4 Å². The van der Waals surface area contributed by atoms with E-state index in [1.165, 1.54) is 11.0 Å². The molecule has 0 aliphatic carbocycles. The lowest BCUT2D eigenvalue weighted by Crippen LogP contribution is -2.45. The molecule has 1 unspecified atom stereocenters. The average Bonchev–Trinajstić information content (AvgIpc) is 3.42. The van der Waals surface area contributed by atoms with Crippen molar-refractivity contribution in [3.8, 4) is 17.1 Å². The molecule has 154 valence electrons. The number of aromatic hydroxyl groups is 1. The summed E-state index contributed by atoms with van der Waals surface area (Å²) in [6.45, 7) is 0.501. The van der Waals surface area contributed by atoms with Gasteiger partial charge < -0.3 is 19.8 Å². The summed E-state index contributed by atoms with van der Waals surface area (Å²) in [6.07, 6.45) is 1.25. The first-order valence-electron chi connectivity index (χ1n) is 9.48. The summed E-state index contributed by atoms with van der Waals surface area (Å²) in [5.41, 5.74) is 0.928. The normalized spacial score (nSPS) is 15.9. The van der Waals surface area contributed by atoms with Crippen LogP contribution in [0.15, 0.2) is 53.1 Å². The summed E-state index contributed by atoms with van der Waals surface area (Å²) in [6, 6.07) is 12.7. The third kappa shape index (κ3) is 4.13. The van der Waals surface area contributed by atoms with E-state index in [2.05, 4.69) is 15.5 Å². The molecule has 2 heterocycles. The summed E-state index contributed by atoms with van der Waals surface area (Å²) in [5.74, 6) is -0.122. The van der Waals surface area contributed by atoms with Gasteiger partial charge in [-0.15, -0.1) is 0 Å². The summed E-state index contributed by atoms with van der Waals surface area (Å²) >= 11 is 5.88. The van der Waals surface area contributed by atoms with Crippen LogP contribution in [0.2, 0.25) is 5.02 Å². The Morgan fingerprint density at radius 3 is 2.73 bits per heavy atom. The molecule has 2 amide bonds. The molecule has 1 aliphatic rings. The largest absolute Gasteiger partial charge is 0.507 e. The van der Waals surface area contributed by atoms with Gasteiger partial charge >= 0.3 is 0 Å². The highest BCUT2D eigenvalue weighted by Crippen LogP contribution is 2.24. The molecule has 0 bridgehead atoms. The first kappa shape index (κ1) is 19.9. The zero-order valence-electron chi connectivity index (χ0n) is 15.9. The van der Waals surface area contributed by atoms with Crippen LogP contribution >= 0.6 is 11.6 Å². The van der Waals surface area contributed by atoms with E-state index < -0.39 is 6.04 Å². The molecule has 8 nitrogen and oxygen atoms in total. The van der Waals surface area contributed by atoms with Gasteiger partial charge in [0.05, 0.1) is 12.1 Å². The van der Waals surface area contributed by atoms with Gasteiger partial charge in [0.1, 0.15) is 11.8 Å². The van der Waals surface area contributed by atoms with E-state index in [9.17, 15) is 14.7 Å². The fourth-order valence-corrected chi connectivity index (χ4v) is 3.54. The lowest BCUT2D eigenvalue weighted by Gasteiger charge is -2.24. The maximum absolute atomic E-state index is 12.8. The number of carbonyl (C=O) groups excluding carboxylic acids is 2. The number of rotatable bonds is 5. The van der Waals surface area contributed by atoms with Crippen LogP contribution in [-0.4, -0.2) is 44.5 Å². The molecule has 2 N–H and O–H groups in total. The van der Waals surface area contributed by atoms with E-state index >= 15 is 0 Å². The number of phenols is 1. The number of nitrogens with one attached hydrogen (secondary N) is 1. The van der Waals surface area contributed by atoms with Crippen molar-refractivity contribution in [2.24, 2.45) is 0 Å². The molecule has 0 spiro atoms. The fourth-order valence-electron chi connectivity index (χ4n) is 3.41. The van der Waals surface area contributed by atoms with E-state index in [-0.39, 0.29) is 35.6 Å². The summed E-state index contributed by atoms with van der Waals surface area (Å²) < 4.78 is 5.20. The summed E-state index contributed by atoms with van der Waals surface area (Å²) in [5, 5.41) is 17.2. The van der Waals surface area contributed by atoms with Crippen LogP contribution in [-0.2, 0) is 11.3 Å². The number of halogens is 1. The van der Waals surface area contributed by atoms with Crippen LogP contribution in [0.1, 0.15) is 29.1 Å². The number of para-hydroxylation sites is 1. The number of aromatic nitrogens is 2. The number of nitrogens with zero attached hydrogens (tertiary/aromatic N) is 3. The molecule has 1 atom stereocenters. The van der Waals surface area contributed by atoms with E-state index in [1.807, 2.05) is 0 Å². The molecule has 4 rings (SSSR count). The maximum atomic E-state index is 12.8. The van der Waals surface area contributed by atoms with E-state index in [0.29, 0.717) is 30.2 Å². The van der Waals surface area contributed by atoms with Gasteiger partial charge in [-0.1, -0.05) is 28.9 Å². The van der Waals surface area contributed by atoms with Gasteiger partial charge in [0.15, 0.2) is 0 Å². The number of amides is 2. The minimum atomic E-state index is -0.615. The van der Waals surface area contributed by atoms with Gasteiger partial charge in [-0.3, -0.25) is 9.59 Å². The molecule has 9 heteroatoms. The average molecular weight is 427 g/mol. The van der Waals surface area contributed by atoms with Crippen LogP contribution < -0.4 is 5.32 Å². The standard InChI is InChI=1S/C21H19ClN4O4/c22-14-9-7-13(8-10-14)19-24-18(30-25-19)12-23-20(28)16-5-3-11-26(16)21(29)15-4-1-2-6-17(15)27/h1-2,4,6-10,16,27H,3,5,11-12H2,(H,23,28). The third-order valence-corrected chi connectivity index (χ3v) is 5.19. The van der Waals surface area contributed by atoms with Gasteiger partial charge in [0, 0.05) is 17.1 Å². The second-order valence-corrected chi connectivity index (χ2v) is 7.35. The van der Waals surface area contributed by atoms with Gasteiger partial charge in [0.25, 0.3) is 5.91 Å². The third-order valence-electron chi connectivity index (χ3n) is 4.94. The fraction of sp³-hybridized carbons (Fsp3) is 0.238. The van der Waals surface area contributed by atoms with Crippen LogP contribution in [0.5, 0.6) is 5.75 Å². The van der Waals surface area contributed by atoms with Crippen molar-refractivity contribution >= 4 is 23.4 Å². The Labute approximate surface area is 177 Å². The highest BCUT2D eigenvalue weighted by atomic mass is 35.5. The lowest BCUT2D eigenvalue weighted by atomic mass is 10.1. The number of carbonyl (C=O) groups is 2. The molecule has 3 aromatic rings. The van der Waals surface area contributed by atoms with Crippen molar-refractivity contribution in [1.82, 2.24) is 20.4 Å². The Balaban J connectivity index is 1.39. The van der Waals surface area contributed by atoms with Gasteiger partial charge in [-0.05, 0) is 49.2 Å². The smallest absolute Gasteiger partial charge is 0.258 e. The number of benzene rings is 2. The van der Waals surface area contributed by atoms with E-state index in [0.717, 1.165) is 5.56 Å². The number of likely N-dealkylation sites (tertiary alicyclic amines) is 1. The Morgan fingerprint density at radius 2 is 1.97 bits per heavy atom. The van der Waals surface area contributed by atoms with Crippen LogP contribution in [0.4, 0.5) is 0 Å². The van der Waals surface area contributed by atoms with Crippen molar-refractivity contribution in [2.45, 2.75) is 25.4 Å². The van der Waals surface area contributed by atoms with E-state index in [1.54, 1.807) is 42.5 Å². The van der Waals surface area contributed by atoms with Gasteiger partial charge in [-0.25, -0.2) is 0 Å². The minimum absolute atomic E-state index is 0.0501.